The highest BCUT2D eigenvalue weighted by Gasteiger charge is 2.30. The molecule has 0 aliphatic carbocycles. The number of ether oxygens (including phenoxy) is 1. The molecule has 0 saturated carbocycles. The molecule has 0 fully saturated rings. The summed E-state index contributed by atoms with van der Waals surface area (Å²) in [5.74, 6) is -0.517. The number of esters is 1. The molecule has 80 heavy (non-hydrogen) atoms. The maximum atomic E-state index is 13.5. The SMILES string of the molecule is CC/C=C/C/C=C/C/C=C/CCCCCCC(=O)NC(COP(=O)(O)OCC[N+](C)(C)C)C(/C=C\CCCCCCCCCCCCC)OC(=O)CCCCCCCCCCCCCCCCCCCCCCCCCCCCC. The van der Waals surface area contributed by atoms with Crippen LogP contribution in [0.3, 0.4) is 0 Å². The average Bonchev–Trinajstić information content (AvgIpc) is 3.42. The van der Waals surface area contributed by atoms with E-state index >= 15 is 0 Å². The molecule has 0 aromatic rings. The predicted octanol–water partition coefficient (Wildman–Crippen LogP) is 21.6. The van der Waals surface area contributed by atoms with Gasteiger partial charge in [-0.1, -0.05) is 307 Å². The summed E-state index contributed by atoms with van der Waals surface area (Å²) >= 11 is 0. The molecule has 0 aliphatic rings. The summed E-state index contributed by atoms with van der Waals surface area (Å²) in [4.78, 5) is 37.8. The van der Waals surface area contributed by atoms with Crippen LogP contribution < -0.4 is 5.32 Å². The van der Waals surface area contributed by atoms with Crippen molar-refractivity contribution >= 4 is 19.7 Å². The standard InChI is InChI=1S/C70H133N2O7P/c1-7-10-13-16-19-22-25-28-30-31-32-33-34-35-36-37-38-39-40-41-42-45-48-51-54-57-60-63-70(74)79-68(61-58-55-52-49-46-43-27-24-21-18-15-12-9-3)67(66-78-80(75,76)77-65-64-72(4,5)6)71-69(73)62-59-56-53-50-47-44-29-26-23-20-17-14-11-8-2/h11,14,20,23,29,44,58,61,67-68H,7-10,12-13,15-19,21-22,24-28,30-43,45-57,59-60,62-66H2,1-6H3,(H-,71,73,75,76)/p+1/b14-11+,23-20+,44-29+,61-58-. The van der Waals surface area contributed by atoms with Gasteiger partial charge in [-0.2, -0.15) is 0 Å². The van der Waals surface area contributed by atoms with Crippen LogP contribution in [0.5, 0.6) is 0 Å². The smallest absolute Gasteiger partial charge is 0.456 e. The van der Waals surface area contributed by atoms with E-state index in [1.165, 1.54) is 212 Å². The summed E-state index contributed by atoms with van der Waals surface area (Å²) < 4.78 is 30.8. The number of rotatable bonds is 63. The van der Waals surface area contributed by atoms with Crippen molar-refractivity contribution in [1.82, 2.24) is 5.32 Å². The summed E-state index contributed by atoms with van der Waals surface area (Å²) in [6.07, 6.45) is 75.7. The van der Waals surface area contributed by atoms with Crippen molar-refractivity contribution in [2.75, 3.05) is 40.9 Å². The van der Waals surface area contributed by atoms with Gasteiger partial charge in [-0.25, -0.2) is 4.57 Å². The Morgan fingerprint density at radius 2 is 0.800 bits per heavy atom. The number of unbranched alkanes of at least 4 members (excludes halogenated alkanes) is 41. The van der Waals surface area contributed by atoms with Crippen LogP contribution in [0.4, 0.5) is 0 Å². The minimum atomic E-state index is -4.46. The zero-order valence-electron chi connectivity index (χ0n) is 53.8. The first kappa shape index (κ1) is 78.0. The Morgan fingerprint density at radius 1 is 0.450 bits per heavy atom. The second kappa shape index (κ2) is 60.1. The molecule has 0 spiro atoms. The molecular weight excluding hydrogens is 1010 g/mol. The molecule has 0 saturated heterocycles. The van der Waals surface area contributed by atoms with Gasteiger partial charge in [-0.05, 0) is 63.9 Å². The Hall–Kier alpha value is -2.03. The molecule has 0 aromatic carbocycles. The number of carbonyl (C=O) groups excluding carboxylic acids is 2. The molecule has 0 aliphatic heterocycles. The largest absolute Gasteiger partial charge is 0.472 e. The molecule has 9 nitrogen and oxygen atoms in total. The Bertz CT molecular complexity index is 1510. The summed E-state index contributed by atoms with van der Waals surface area (Å²) in [6, 6.07) is -0.858. The van der Waals surface area contributed by atoms with Crippen molar-refractivity contribution in [2.24, 2.45) is 0 Å². The van der Waals surface area contributed by atoms with E-state index in [-0.39, 0.29) is 25.1 Å². The van der Waals surface area contributed by atoms with Crippen molar-refractivity contribution in [3.63, 3.8) is 0 Å². The van der Waals surface area contributed by atoms with Gasteiger partial charge in [0.2, 0.25) is 5.91 Å². The van der Waals surface area contributed by atoms with E-state index in [0.29, 0.717) is 23.9 Å². The minimum Gasteiger partial charge on any atom is -0.456 e. The molecule has 0 bridgehead atoms. The third-order valence-electron chi connectivity index (χ3n) is 15.5. The summed E-state index contributed by atoms with van der Waals surface area (Å²) in [5, 5.41) is 3.05. The van der Waals surface area contributed by atoms with E-state index in [1.807, 2.05) is 33.3 Å². The van der Waals surface area contributed by atoms with Gasteiger partial charge in [0.1, 0.15) is 19.3 Å². The number of allylic oxidation sites excluding steroid dienone is 7. The van der Waals surface area contributed by atoms with E-state index < -0.39 is 20.0 Å². The van der Waals surface area contributed by atoms with Crippen LogP contribution in [0.1, 0.15) is 335 Å². The summed E-state index contributed by atoms with van der Waals surface area (Å²) in [5.41, 5.74) is 0. The van der Waals surface area contributed by atoms with Gasteiger partial charge in [0.05, 0.1) is 33.8 Å². The second-order valence-corrected chi connectivity index (χ2v) is 26.1. The minimum absolute atomic E-state index is 0.0367. The van der Waals surface area contributed by atoms with Crippen molar-refractivity contribution in [3.05, 3.63) is 48.6 Å². The summed E-state index contributed by atoms with van der Waals surface area (Å²) in [7, 11) is 1.49. The second-order valence-electron chi connectivity index (χ2n) is 24.7. The first-order valence-corrected chi connectivity index (χ1v) is 36.0. The lowest BCUT2D eigenvalue weighted by molar-refractivity contribution is -0.870. The maximum Gasteiger partial charge on any atom is 0.472 e. The lowest BCUT2D eigenvalue weighted by Crippen LogP contribution is -2.47. The van der Waals surface area contributed by atoms with Crippen LogP contribution in [0.25, 0.3) is 0 Å². The first-order valence-electron chi connectivity index (χ1n) is 34.5. The topological polar surface area (TPSA) is 111 Å². The van der Waals surface area contributed by atoms with Crippen LogP contribution in [0, 0.1) is 0 Å². The van der Waals surface area contributed by atoms with Gasteiger partial charge >= 0.3 is 13.8 Å². The number of phosphoric ester groups is 1. The third kappa shape index (κ3) is 60.6. The monoisotopic (exact) mass is 1150 g/mol. The van der Waals surface area contributed by atoms with Crippen LogP contribution in [0.2, 0.25) is 0 Å². The number of quaternary nitrogens is 1. The molecule has 0 radical (unpaired) electrons. The molecular formula is C70H134N2O7P+. The lowest BCUT2D eigenvalue weighted by Gasteiger charge is -2.27. The van der Waals surface area contributed by atoms with E-state index in [4.69, 9.17) is 13.8 Å². The Kier molecular flexibility index (Phi) is 58.6. The number of amides is 1. The summed E-state index contributed by atoms with van der Waals surface area (Å²) in [6.45, 7) is 6.93. The zero-order valence-corrected chi connectivity index (χ0v) is 54.7. The van der Waals surface area contributed by atoms with Crippen molar-refractivity contribution in [1.29, 1.82) is 0 Å². The zero-order chi connectivity index (χ0) is 58.6. The van der Waals surface area contributed by atoms with Gasteiger partial charge in [-0.15, -0.1) is 0 Å². The van der Waals surface area contributed by atoms with Gasteiger partial charge in [0, 0.05) is 12.8 Å². The van der Waals surface area contributed by atoms with Crippen LogP contribution >= 0.6 is 7.82 Å². The van der Waals surface area contributed by atoms with Crippen molar-refractivity contribution in [2.45, 2.75) is 348 Å². The average molecular weight is 1150 g/mol. The van der Waals surface area contributed by atoms with Gasteiger partial charge in [-0.3, -0.25) is 18.6 Å². The molecule has 10 heteroatoms. The van der Waals surface area contributed by atoms with Gasteiger partial charge < -0.3 is 19.4 Å². The number of phosphoric acid groups is 1. The molecule has 0 aromatic heterocycles. The highest BCUT2D eigenvalue weighted by Crippen LogP contribution is 2.43. The van der Waals surface area contributed by atoms with Gasteiger partial charge in [0.25, 0.3) is 0 Å². The fraction of sp³-hybridized carbons (Fsp3) is 0.857. The van der Waals surface area contributed by atoms with Crippen LogP contribution in [-0.4, -0.2) is 74.3 Å². The van der Waals surface area contributed by atoms with E-state index in [2.05, 4.69) is 62.5 Å². The van der Waals surface area contributed by atoms with E-state index in [1.54, 1.807) is 0 Å². The fourth-order valence-corrected chi connectivity index (χ4v) is 11.0. The van der Waals surface area contributed by atoms with Crippen LogP contribution in [-0.2, 0) is 27.9 Å². The number of hydrogen-bond acceptors (Lipinski definition) is 6. The normalized spacial score (nSPS) is 13.8. The quantitative estimate of drug-likeness (QED) is 0.0205. The molecule has 3 unspecified atom stereocenters. The molecule has 470 valence electrons. The molecule has 0 rings (SSSR count). The number of hydrogen-bond donors (Lipinski definition) is 2. The van der Waals surface area contributed by atoms with Crippen molar-refractivity contribution < 1.29 is 37.3 Å². The van der Waals surface area contributed by atoms with E-state index in [9.17, 15) is 19.0 Å². The number of nitrogens with zero attached hydrogens (tertiary/aromatic N) is 1. The molecule has 1 amide bonds. The highest BCUT2D eigenvalue weighted by molar-refractivity contribution is 7.47. The number of carbonyl (C=O) groups is 2. The number of likely N-dealkylation sites (N-methyl/N-ethyl adjacent to an activating group) is 1. The fourth-order valence-electron chi connectivity index (χ4n) is 10.3. The van der Waals surface area contributed by atoms with Crippen LogP contribution in [0.15, 0.2) is 48.6 Å². The number of nitrogens with one attached hydrogen (secondary N) is 1. The molecule has 3 atom stereocenters. The Morgan fingerprint density at radius 3 is 1.20 bits per heavy atom. The Balaban J connectivity index is 5.01. The van der Waals surface area contributed by atoms with Gasteiger partial charge in [0.15, 0.2) is 0 Å². The highest BCUT2D eigenvalue weighted by atomic mass is 31.2. The van der Waals surface area contributed by atoms with Crippen molar-refractivity contribution in [3.8, 4) is 0 Å². The van der Waals surface area contributed by atoms with E-state index in [0.717, 1.165) is 89.9 Å². The maximum absolute atomic E-state index is 13.5. The molecule has 2 N–H and O–H groups in total. The Labute approximate surface area is 497 Å². The first-order chi connectivity index (χ1) is 38.9. The molecule has 0 heterocycles. The third-order valence-corrected chi connectivity index (χ3v) is 16.5. The predicted molar refractivity (Wildman–Crippen MR) is 346 cm³/mol. The lowest BCUT2D eigenvalue weighted by atomic mass is 10.0.